The van der Waals surface area contributed by atoms with E-state index in [1.165, 1.54) is 5.56 Å². The fraction of sp³-hybridized carbons (Fsp3) is 0.192. The van der Waals surface area contributed by atoms with E-state index in [1.807, 2.05) is 42.5 Å². The molecule has 4 rings (SSSR count). The summed E-state index contributed by atoms with van der Waals surface area (Å²) in [5, 5.41) is 3.91. The van der Waals surface area contributed by atoms with Crippen LogP contribution in [0.1, 0.15) is 22.3 Å². The largest absolute Gasteiger partial charge is 0.352 e. The van der Waals surface area contributed by atoms with E-state index in [1.54, 1.807) is 12.4 Å². The standard InChI is InChI=1S/C26H25BrN4O/c1-31(18-19-7-3-2-4-8-19)14-6-13-29-26(32)23-16-25(20-9-5-12-28-17-20)30-24-11-10-21(27)15-22(23)24/h2-5,7-12,15-17H,6,13-14,18H2,1H3,(H,29,32). The maximum Gasteiger partial charge on any atom is 0.252 e. The summed E-state index contributed by atoms with van der Waals surface area (Å²) in [6.45, 7) is 2.41. The van der Waals surface area contributed by atoms with Crippen LogP contribution >= 0.6 is 15.9 Å². The molecular weight excluding hydrogens is 464 g/mol. The van der Waals surface area contributed by atoms with Gasteiger partial charge in [-0.3, -0.25) is 9.78 Å². The molecule has 0 unspecified atom stereocenters. The van der Waals surface area contributed by atoms with Gasteiger partial charge in [0.25, 0.3) is 5.91 Å². The third-order valence-corrected chi connectivity index (χ3v) is 5.76. The summed E-state index contributed by atoms with van der Waals surface area (Å²) in [6, 6.07) is 21.9. The van der Waals surface area contributed by atoms with Crippen molar-refractivity contribution < 1.29 is 4.79 Å². The van der Waals surface area contributed by atoms with Gasteiger partial charge in [-0.15, -0.1) is 0 Å². The summed E-state index contributed by atoms with van der Waals surface area (Å²) in [4.78, 5) is 24.3. The second-order valence-corrected chi connectivity index (χ2v) is 8.71. The number of carbonyl (C=O) groups is 1. The van der Waals surface area contributed by atoms with E-state index >= 15 is 0 Å². The number of amides is 1. The van der Waals surface area contributed by atoms with Crippen LogP contribution in [0.3, 0.4) is 0 Å². The first-order valence-electron chi connectivity index (χ1n) is 10.6. The molecule has 0 spiro atoms. The Morgan fingerprint density at radius 2 is 1.91 bits per heavy atom. The molecule has 0 saturated heterocycles. The van der Waals surface area contributed by atoms with Gasteiger partial charge in [0.2, 0.25) is 0 Å². The zero-order valence-corrected chi connectivity index (χ0v) is 19.5. The number of benzene rings is 2. The third kappa shape index (κ3) is 5.58. The van der Waals surface area contributed by atoms with E-state index in [0.29, 0.717) is 12.1 Å². The minimum atomic E-state index is -0.0913. The zero-order chi connectivity index (χ0) is 22.3. The fourth-order valence-corrected chi connectivity index (χ4v) is 4.03. The van der Waals surface area contributed by atoms with Crippen LogP contribution in [0.25, 0.3) is 22.2 Å². The van der Waals surface area contributed by atoms with E-state index in [-0.39, 0.29) is 5.91 Å². The lowest BCUT2D eigenvalue weighted by Crippen LogP contribution is -2.28. The van der Waals surface area contributed by atoms with Crippen LogP contribution in [0, 0.1) is 0 Å². The molecule has 4 aromatic rings. The number of rotatable bonds is 8. The van der Waals surface area contributed by atoms with Gasteiger partial charge in [-0.2, -0.15) is 0 Å². The second kappa shape index (κ2) is 10.5. The number of pyridine rings is 2. The Hall–Kier alpha value is -3.09. The highest BCUT2D eigenvalue weighted by molar-refractivity contribution is 9.10. The molecule has 0 fully saturated rings. The molecule has 32 heavy (non-hydrogen) atoms. The van der Waals surface area contributed by atoms with E-state index in [2.05, 4.69) is 62.4 Å². The van der Waals surface area contributed by atoms with Crippen molar-refractivity contribution in [3.63, 3.8) is 0 Å². The van der Waals surface area contributed by atoms with Crippen LogP contribution in [-0.2, 0) is 6.54 Å². The summed E-state index contributed by atoms with van der Waals surface area (Å²) in [5.41, 5.74) is 4.31. The minimum Gasteiger partial charge on any atom is -0.352 e. The molecule has 0 aliphatic rings. The number of hydrogen-bond donors (Lipinski definition) is 1. The van der Waals surface area contributed by atoms with E-state index in [0.717, 1.165) is 46.1 Å². The SMILES string of the molecule is CN(CCCNC(=O)c1cc(-c2cccnc2)nc2ccc(Br)cc12)Cc1ccccc1. The third-order valence-electron chi connectivity index (χ3n) is 5.27. The van der Waals surface area contributed by atoms with Crippen LogP contribution in [0.4, 0.5) is 0 Å². The highest BCUT2D eigenvalue weighted by Gasteiger charge is 2.14. The molecule has 1 N–H and O–H groups in total. The second-order valence-electron chi connectivity index (χ2n) is 7.79. The monoisotopic (exact) mass is 488 g/mol. The molecule has 0 aliphatic heterocycles. The molecule has 1 amide bonds. The Kier molecular flexibility index (Phi) is 7.24. The van der Waals surface area contributed by atoms with Gasteiger partial charge >= 0.3 is 0 Å². The van der Waals surface area contributed by atoms with Gasteiger partial charge < -0.3 is 10.2 Å². The van der Waals surface area contributed by atoms with Crippen molar-refractivity contribution in [1.82, 2.24) is 20.2 Å². The number of halogens is 1. The van der Waals surface area contributed by atoms with Crippen molar-refractivity contribution in [2.45, 2.75) is 13.0 Å². The molecule has 0 aliphatic carbocycles. The molecular formula is C26H25BrN4O. The molecule has 5 nitrogen and oxygen atoms in total. The Bertz CT molecular complexity index is 1200. The van der Waals surface area contributed by atoms with E-state index in [9.17, 15) is 4.79 Å². The molecule has 2 aromatic carbocycles. The van der Waals surface area contributed by atoms with Gasteiger partial charge in [0.05, 0.1) is 16.8 Å². The van der Waals surface area contributed by atoms with Crippen molar-refractivity contribution in [3.05, 3.63) is 94.7 Å². The number of hydrogen-bond acceptors (Lipinski definition) is 4. The van der Waals surface area contributed by atoms with Crippen LogP contribution in [0.5, 0.6) is 0 Å². The highest BCUT2D eigenvalue weighted by atomic mass is 79.9. The minimum absolute atomic E-state index is 0.0913. The lowest BCUT2D eigenvalue weighted by Gasteiger charge is -2.17. The van der Waals surface area contributed by atoms with Crippen molar-refractivity contribution in [3.8, 4) is 11.3 Å². The van der Waals surface area contributed by atoms with Gasteiger partial charge in [0.15, 0.2) is 0 Å². The predicted molar refractivity (Wildman–Crippen MR) is 132 cm³/mol. The maximum atomic E-state index is 13.1. The van der Waals surface area contributed by atoms with Gasteiger partial charge in [-0.25, -0.2) is 4.98 Å². The van der Waals surface area contributed by atoms with E-state index in [4.69, 9.17) is 4.98 Å². The Morgan fingerprint density at radius 3 is 2.69 bits per heavy atom. The predicted octanol–water partition coefficient (Wildman–Crippen LogP) is 5.31. The summed E-state index contributed by atoms with van der Waals surface area (Å²) in [5.74, 6) is -0.0913. The highest BCUT2D eigenvalue weighted by Crippen LogP contribution is 2.27. The topological polar surface area (TPSA) is 58.1 Å². The van der Waals surface area contributed by atoms with E-state index < -0.39 is 0 Å². The van der Waals surface area contributed by atoms with Crippen LogP contribution in [0.2, 0.25) is 0 Å². The number of nitrogens with zero attached hydrogens (tertiary/aromatic N) is 3. The smallest absolute Gasteiger partial charge is 0.252 e. The summed E-state index contributed by atoms with van der Waals surface area (Å²) >= 11 is 3.51. The Balaban J connectivity index is 1.45. The number of aromatic nitrogens is 2. The Labute approximate surface area is 196 Å². The average molecular weight is 489 g/mol. The number of nitrogens with one attached hydrogen (secondary N) is 1. The molecule has 6 heteroatoms. The maximum absolute atomic E-state index is 13.1. The normalized spacial score (nSPS) is 11.1. The van der Waals surface area contributed by atoms with Gasteiger partial charge in [0.1, 0.15) is 0 Å². The first kappa shape index (κ1) is 22.1. The molecule has 0 atom stereocenters. The molecule has 0 bridgehead atoms. The van der Waals surface area contributed by atoms with Crippen LogP contribution in [-0.4, -0.2) is 40.9 Å². The molecule has 2 aromatic heterocycles. The first-order chi connectivity index (χ1) is 15.6. The first-order valence-corrected chi connectivity index (χ1v) is 11.4. The van der Waals surface area contributed by atoms with Gasteiger partial charge in [0, 0.05) is 40.9 Å². The van der Waals surface area contributed by atoms with Crippen molar-refractivity contribution in [2.24, 2.45) is 0 Å². The molecule has 2 heterocycles. The Morgan fingerprint density at radius 1 is 1.06 bits per heavy atom. The van der Waals surface area contributed by atoms with Crippen LogP contribution < -0.4 is 5.32 Å². The summed E-state index contributed by atoms with van der Waals surface area (Å²) in [7, 11) is 2.10. The fourth-order valence-electron chi connectivity index (χ4n) is 3.67. The number of carbonyl (C=O) groups excluding carboxylic acids is 1. The average Bonchev–Trinajstić information content (AvgIpc) is 2.82. The lowest BCUT2D eigenvalue weighted by atomic mass is 10.0. The molecule has 0 radical (unpaired) electrons. The van der Waals surface area contributed by atoms with Crippen LogP contribution in [0.15, 0.2) is 83.6 Å². The van der Waals surface area contributed by atoms with Gasteiger partial charge in [-0.1, -0.05) is 46.3 Å². The molecule has 0 saturated carbocycles. The quantitative estimate of drug-likeness (QED) is 0.341. The van der Waals surface area contributed by atoms with Crippen molar-refractivity contribution >= 4 is 32.7 Å². The lowest BCUT2D eigenvalue weighted by molar-refractivity contribution is 0.0953. The molecule has 162 valence electrons. The summed E-state index contributed by atoms with van der Waals surface area (Å²) in [6.07, 6.45) is 4.36. The van der Waals surface area contributed by atoms with Crippen molar-refractivity contribution in [1.29, 1.82) is 0 Å². The summed E-state index contributed by atoms with van der Waals surface area (Å²) < 4.78 is 0.914. The zero-order valence-electron chi connectivity index (χ0n) is 18.0. The van der Waals surface area contributed by atoms with Gasteiger partial charge in [-0.05, 0) is 62.0 Å². The number of fused-ring (bicyclic) bond motifs is 1. The van der Waals surface area contributed by atoms with Crippen molar-refractivity contribution in [2.75, 3.05) is 20.1 Å².